The van der Waals surface area contributed by atoms with Crippen LogP contribution < -0.4 is 0 Å². The molecular weight excluding hydrogens is 548 g/mol. The summed E-state index contributed by atoms with van der Waals surface area (Å²) in [6, 6.07) is 0. The van der Waals surface area contributed by atoms with Crippen LogP contribution in [0.5, 0.6) is 0 Å². The van der Waals surface area contributed by atoms with Gasteiger partial charge in [0.1, 0.15) is 37.1 Å². The Hall–Kier alpha value is -3.21. The topological polar surface area (TPSA) is 144 Å². The highest BCUT2D eigenvalue weighted by Gasteiger charge is 2.81. The van der Waals surface area contributed by atoms with Crippen molar-refractivity contribution in [1.29, 1.82) is 0 Å². The number of epoxide rings is 1. The van der Waals surface area contributed by atoms with Gasteiger partial charge in [0.2, 0.25) is 0 Å². The number of hydrogen-bond acceptors (Lipinski definition) is 11. The van der Waals surface area contributed by atoms with Gasteiger partial charge in [0.05, 0.1) is 12.0 Å². The third-order valence-corrected chi connectivity index (χ3v) is 9.95. The Bertz CT molecular complexity index is 1200. The molecule has 42 heavy (non-hydrogen) atoms. The van der Waals surface area contributed by atoms with Crippen molar-refractivity contribution in [3.63, 3.8) is 0 Å². The van der Waals surface area contributed by atoms with Crippen LogP contribution in [0.3, 0.4) is 0 Å². The first-order chi connectivity index (χ1) is 19.7. The molecule has 0 unspecified atom stereocenters. The molecule has 11 nitrogen and oxygen atoms in total. The molecule has 0 aromatic carbocycles. The average molecular weight is 591 g/mol. The van der Waals surface area contributed by atoms with Gasteiger partial charge in [-0.05, 0) is 50.0 Å². The molecular formula is C31H42O11. The molecule has 3 fully saturated rings. The standard InChI is InChI=1S/C31H42O11/c1-8-17(2)28(36)38-15-30-24(41-20(5)33)11-18(3)29(7,10-9-22-12-26(35)37-14-22)27(30)23(40-19(4)32)13-25(42-21(6)34)31(30)16-39-31/h8,12,18,23-25,27H,9-11,13-16H2,1-7H3/t18-,23-,24+,25+,27-,29+,30-,31-/m1/s1. The summed E-state index contributed by atoms with van der Waals surface area (Å²) in [5.41, 5.74) is -1.74. The smallest absolute Gasteiger partial charge is 0.333 e. The highest BCUT2D eigenvalue weighted by atomic mass is 16.6. The fourth-order valence-corrected chi connectivity index (χ4v) is 7.70. The number of fused-ring (bicyclic) bond motifs is 2. The predicted octanol–water partition coefficient (Wildman–Crippen LogP) is 3.38. The Morgan fingerprint density at radius 3 is 2.14 bits per heavy atom. The molecule has 0 aromatic heterocycles. The van der Waals surface area contributed by atoms with Gasteiger partial charge in [-0.1, -0.05) is 19.9 Å². The maximum Gasteiger partial charge on any atom is 0.333 e. The Kier molecular flexibility index (Phi) is 8.92. The number of ether oxygens (including phenoxy) is 6. The van der Waals surface area contributed by atoms with Gasteiger partial charge in [0.25, 0.3) is 0 Å². The van der Waals surface area contributed by atoms with E-state index in [1.807, 2.05) is 0 Å². The fraction of sp³-hybridized carbons (Fsp3) is 0.710. The number of cyclic esters (lactones) is 1. The highest BCUT2D eigenvalue weighted by molar-refractivity contribution is 5.87. The van der Waals surface area contributed by atoms with E-state index in [4.69, 9.17) is 28.4 Å². The number of carbonyl (C=O) groups excluding carboxylic acids is 5. The van der Waals surface area contributed by atoms with Crippen molar-refractivity contribution in [2.75, 3.05) is 19.8 Å². The van der Waals surface area contributed by atoms with Crippen LogP contribution in [-0.2, 0) is 52.4 Å². The maximum absolute atomic E-state index is 13.1. The molecule has 1 saturated heterocycles. The first kappa shape index (κ1) is 31.7. The number of rotatable bonds is 9. The predicted molar refractivity (Wildman–Crippen MR) is 146 cm³/mol. The molecule has 2 aliphatic carbocycles. The summed E-state index contributed by atoms with van der Waals surface area (Å²) in [6.07, 6.45) is 2.36. The van der Waals surface area contributed by atoms with Gasteiger partial charge in [-0.15, -0.1) is 0 Å². The van der Waals surface area contributed by atoms with E-state index in [1.54, 1.807) is 19.9 Å². The third kappa shape index (κ3) is 5.59. The van der Waals surface area contributed by atoms with Crippen LogP contribution in [0.4, 0.5) is 0 Å². The third-order valence-electron chi connectivity index (χ3n) is 9.95. The molecule has 0 bridgehead atoms. The number of esters is 5. The zero-order valence-corrected chi connectivity index (χ0v) is 25.5. The zero-order valence-electron chi connectivity index (χ0n) is 25.5. The molecule has 2 saturated carbocycles. The summed E-state index contributed by atoms with van der Waals surface area (Å²) in [4.78, 5) is 62.3. The molecule has 2 heterocycles. The Labute approximate surface area is 246 Å². The SMILES string of the molecule is CC=C(C)C(=O)OC[C@@]12[C@@H](OC(C)=O)C[C@@H](C)[C@](C)(CCC3=CC(=O)OC3)[C@H]1[C@H](OC(C)=O)C[C@H](OC(C)=O)[C@]21CO1. The second-order valence-electron chi connectivity index (χ2n) is 12.4. The maximum atomic E-state index is 13.1. The summed E-state index contributed by atoms with van der Waals surface area (Å²) in [7, 11) is 0. The Morgan fingerprint density at radius 1 is 1.00 bits per heavy atom. The number of hydrogen-bond donors (Lipinski definition) is 0. The van der Waals surface area contributed by atoms with Crippen LogP contribution in [0.2, 0.25) is 0 Å². The minimum atomic E-state index is -1.24. The summed E-state index contributed by atoms with van der Waals surface area (Å²) in [5.74, 6) is -3.13. The average Bonchev–Trinajstić information content (AvgIpc) is 3.60. The molecule has 2 aliphatic heterocycles. The van der Waals surface area contributed by atoms with Gasteiger partial charge in [0.15, 0.2) is 0 Å². The van der Waals surface area contributed by atoms with Crippen LogP contribution >= 0.6 is 0 Å². The first-order valence-electron chi connectivity index (χ1n) is 14.5. The molecule has 0 aromatic rings. The second kappa shape index (κ2) is 11.8. The van der Waals surface area contributed by atoms with Gasteiger partial charge >= 0.3 is 29.8 Å². The van der Waals surface area contributed by atoms with E-state index in [1.165, 1.54) is 26.8 Å². The van der Waals surface area contributed by atoms with Crippen molar-refractivity contribution in [3.8, 4) is 0 Å². The monoisotopic (exact) mass is 590 g/mol. The van der Waals surface area contributed by atoms with Crippen molar-refractivity contribution in [1.82, 2.24) is 0 Å². The molecule has 11 heteroatoms. The lowest BCUT2D eigenvalue weighted by atomic mass is 9.41. The minimum Gasteiger partial charge on any atom is -0.462 e. The van der Waals surface area contributed by atoms with Gasteiger partial charge in [0, 0.05) is 44.8 Å². The molecule has 232 valence electrons. The number of carbonyl (C=O) groups is 5. The van der Waals surface area contributed by atoms with E-state index < -0.39 is 64.5 Å². The largest absolute Gasteiger partial charge is 0.462 e. The fourth-order valence-electron chi connectivity index (χ4n) is 7.70. The van der Waals surface area contributed by atoms with E-state index in [9.17, 15) is 24.0 Å². The van der Waals surface area contributed by atoms with Gasteiger partial charge in [-0.25, -0.2) is 9.59 Å². The number of allylic oxidation sites excluding steroid dienone is 1. The Morgan fingerprint density at radius 2 is 1.62 bits per heavy atom. The normalized spacial score (nSPS) is 37.2. The lowest BCUT2D eigenvalue weighted by Gasteiger charge is -2.65. The molecule has 4 rings (SSSR count). The highest BCUT2D eigenvalue weighted by Crippen LogP contribution is 2.70. The van der Waals surface area contributed by atoms with Crippen LogP contribution in [0.15, 0.2) is 23.3 Å². The van der Waals surface area contributed by atoms with Crippen LogP contribution in [-0.4, -0.2) is 73.6 Å². The molecule has 0 N–H and O–H groups in total. The van der Waals surface area contributed by atoms with E-state index in [0.717, 1.165) is 5.57 Å². The first-order valence-corrected chi connectivity index (χ1v) is 14.5. The minimum absolute atomic E-state index is 0.0642. The molecule has 8 atom stereocenters. The Balaban J connectivity index is 1.91. The van der Waals surface area contributed by atoms with Crippen molar-refractivity contribution < 1.29 is 52.4 Å². The van der Waals surface area contributed by atoms with Crippen LogP contribution in [0, 0.1) is 22.7 Å². The quantitative estimate of drug-likeness (QED) is 0.169. The molecule has 0 radical (unpaired) electrons. The zero-order chi connectivity index (χ0) is 31.0. The van der Waals surface area contributed by atoms with Crippen molar-refractivity contribution in [3.05, 3.63) is 23.3 Å². The van der Waals surface area contributed by atoms with E-state index >= 15 is 0 Å². The molecule has 0 amide bonds. The second-order valence-corrected chi connectivity index (χ2v) is 12.4. The van der Waals surface area contributed by atoms with Gasteiger partial charge in [-0.3, -0.25) is 14.4 Å². The van der Waals surface area contributed by atoms with Gasteiger partial charge in [-0.2, -0.15) is 0 Å². The van der Waals surface area contributed by atoms with E-state index in [0.29, 0.717) is 24.8 Å². The van der Waals surface area contributed by atoms with Gasteiger partial charge < -0.3 is 28.4 Å². The molecule has 1 spiro atoms. The molecule has 4 aliphatic rings. The van der Waals surface area contributed by atoms with E-state index in [-0.39, 0.29) is 38.1 Å². The van der Waals surface area contributed by atoms with Crippen molar-refractivity contribution in [2.24, 2.45) is 22.7 Å². The summed E-state index contributed by atoms with van der Waals surface area (Å²) in [6.45, 7) is 11.6. The van der Waals surface area contributed by atoms with Crippen LogP contribution in [0.25, 0.3) is 0 Å². The summed E-state index contributed by atoms with van der Waals surface area (Å²) in [5, 5.41) is 0. The lowest BCUT2D eigenvalue weighted by Crippen LogP contribution is -2.74. The summed E-state index contributed by atoms with van der Waals surface area (Å²) >= 11 is 0. The van der Waals surface area contributed by atoms with Crippen molar-refractivity contribution in [2.45, 2.75) is 98.1 Å². The van der Waals surface area contributed by atoms with Crippen LogP contribution in [0.1, 0.15) is 74.1 Å². The van der Waals surface area contributed by atoms with E-state index in [2.05, 4.69) is 13.8 Å². The summed E-state index contributed by atoms with van der Waals surface area (Å²) < 4.78 is 35.2. The van der Waals surface area contributed by atoms with Crippen molar-refractivity contribution >= 4 is 29.8 Å². The lowest BCUT2D eigenvalue weighted by molar-refractivity contribution is -0.275.